The number of aryl methyl sites for hydroxylation is 2. The first-order valence-electron chi connectivity index (χ1n) is 10.9. The summed E-state index contributed by atoms with van der Waals surface area (Å²) >= 11 is 1.21. The SMILES string of the molecule is CCOC(=O)c1ccccc1N1C(=O)C(Nc2ccc(C)cc2)=C(Sc2ccc(C)cc2)C1=O. The largest absolute Gasteiger partial charge is 0.462 e. The number of amides is 2. The number of hydrogen-bond donors (Lipinski definition) is 1. The molecule has 0 aromatic heterocycles. The minimum atomic E-state index is -0.591. The van der Waals surface area contributed by atoms with Gasteiger partial charge in [0.1, 0.15) is 10.6 Å². The van der Waals surface area contributed by atoms with Crippen LogP contribution in [0.1, 0.15) is 28.4 Å². The van der Waals surface area contributed by atoms with Gasteiger partial charge in [-0.05, 0) is 57.2 Å². The highest BCUT2D eigenvalue weighted by atomic mass is 32.2. The number of rotatable bonds is 7. The average molecular weight is 473 g/mol. The van der Waals surface area contributed by atoms with Crippen molar-refractivity contribution >= 4 is 40.9 Å². The number of ether oxygens (including phenoxy) is 1. The van der Waals surface area contributed by atoms with E-state index >= 15 is 0 Å². The van der Waals surface area contributed by atoms with Crippen molar-refractivity contribution in [3.8, 4) is 0 Å². The molecule has 1 aliphatic heterocycles. The number of imide groups is 1. The molecule has 172 valence electrons. The van der Waals surface area contributed by atoms with Crippen LogP contribution in [0.4, 0.5) is 11.4 Å². The summed E-state index contributed by atoms with van der Waals surface area (Å²) in [5.74, 6) is -1.62. The molecule has 3 aromatic rings. The average Bonchev–Trinajstić information content (AvgIpc) is 3.06. The molecule has 7 heteroatoms. The van der Waals surface area contributed by atoms with Crippen molar-refractivity contribution in [3.05, 3.63) is 100 Å². The van der Waals surface area contributed by atoms with Gasteiger partial charge in [0.25, 0.3) is 11.8 Å². The van der Waals surface area contributed by atoms with Crippen LogP contribution in [0.15, 0.2) is 88.3 Å². The molecule has 0 unspecified atom stereocenters. The molecule has 1 aliphatic rings. The Morgan fingerprint density at radius 3 is 2.15 bits per heavy atom. The number of nitrogens with zero attached hydrogens (tertiary/aromatic N) is 1. The molecule has 6 nitrogen and oxygen atoms in total. The maximum absolute atomic E-state index is 13.6. The van der Waals surface area contributed by atoms with Crippen molar-refractivity contribution in [3.63, 3.8) is 0 Å². The van der Waals surface area contributed by atoms with E-state index in [1.807, 2.05) is 62.4 Å². The predicted molar refractivity (Wildman–Crippen MR) is 134 cm³/mol. The van der Waals surface area contributed by atoms with E-state index in [0.717, 1.165) is 20.9 Å². The molecule has 0 spiro atoms. The van der Waals surface area contributed by atoms with E-state index in [4.69, 9.17) is 4.74 Å². The molecule has 0 fully saturated rings. The Morgan fingerprint density at radius 1 is 0.882 bits per heavy atom. The lowest BCUT2D eigenvalue weighted by molar-refractivity contribution is -0.120. The lowest BCUT2D eigenvalue weighted by Gasteiger charge is -2.18. The molecular formula is C27H24N2O4S. The fourth-order valence-electron chi connectivity index (χ4n) is 3.49. The second kappa shape index (κ2) is 9.97. The highest BCUT2D eigenvalue weighted by Crippen LogP contribution is 2.39. The molecule has 0 bridgehead atoms. The fourth-order valence-corrected chi connectivity index (χ4v) is 4.42. The second-order valence-electron chi connectivity index (χ2n) is 7.79. The molecular weight excluding hydrogens is 448 g/mol. The molecule has 2 amide bonds. The van der Waals surface area contributed by atoms with E-state index in [0.29, 0.717) is 5.69 Å². The quantitative estimate of drug-likeness (QED) is 0.363. The number of esters is 1. The van der Waals surface area contributed by atoms with Crippen molar-refractivity contribution in [2.75, 3.05) is 16.8 Å². The first-order chi connectivity index (χ1) is 16.4. The number of anilines is 2. The number of carbonyl (C=O) groups excluding carboxylic acids is 3. The summed E-state index contributed by atoms with van der Waals surface area (Å²) in [6.45, 7) is 5.84. The van der Waals surface area contributed by atoms with Gasteiger partial charge < -0.3 is 10.1 Å². The zero-order valence-electron chi connectivity index (χ0n) is 19.1. The number of para-hydroxylation sites is 1. The van der Waals surface area contributed by atoms with Gasteiger partial charge in [-0.1, -0.05) is 59.3 Å². The minimum absolute atomic E-state index is 0.155. The highest BCUT2D eigenvalue weighted by molar-refractivity contribution is 8.04. The van der Waals surface area contributed by atoms with Crippen LogP contribution in [0.2, 0.25) is 0 Å². The number of carbonyl (C=O) groups is 3. The lowest BCUT2D eigenvalue weighted by Crippen LogP contribution is -2.33. The molecule has 0 saturated heterocycles. The van der Waals surface area contributed by atoms with Crippen LogP contribution in [-0.2, 0) is 14.3 Å². The van der Waals surface area contributed by atoms with Gasteiger partial charge in [0.2, 0.25) is 0 Å². The van der Waals surface area contributed by atoms with E-state index < -0.39 is 17.8 Å². The number of hydrogen-bond acceptors (Lipinski definition) is 6. The standard InChI is InChI=1S/C27H24N2O4S/c1-4-33-27(32)21-7-5-6-8-22(21)29-25(30)23(28-19-13-9-17(2)10-14-19)24(26(29)31)34-20-15-11-18(3)12-16-20/h5-16,28H,4H2,1-3H3. The van der Waals surface area contributed by atoms with E-state index in [-0.39, 0.29) is 28.5 Å². The first kappa shape index (κ1) is 23.3. The van der Waals surface area contributed by atoms with E-state index in [2.05, 4.69) is 5.32 Å². The van der Waals surface area contributed by atoms with Gasteiger partial charge in [0.05, 0.1) is 17.9 Å². The van der Waals surface area contributed by atoms with Crippen molar-refractivity contribution in [2.24, 2.45) is 0 Å². The number of nitrogens with one attached hydrogen (secondary N) is 1. The summed E-state index contributed by atoms with van der Waals surface area (Å²) in [5, 5.41) is 3.13. The molecule has 0 aliphatic carbocycles. The Balaban J connectivity index is 1.76. The zero-order chi connectivity index (χ0) is 24.2. The van der Waals surface area contributed by atoms with Crippen LogP contribution in [0.25, 0.3) is 0 Å². The Kier molecular flexibility index (Phi) is 6.84. The fraction of sp³-hybridized carbons (Fsp3) is 0.148. The molecule has 0 saturated carbocycles. The number of thioether (sulfide) groups is 1. The Labute approximate surface area is 202 Å². The molecule has 0 radical (unpaired) electrons. The molecule has 1 heterocycles. The van der Waals surface area contributed by atoms with Crippen LogP contribution >= 0.6 is 11.8 Å². The van der Waals surface area contributed by atoms with Crippen LogP contribution in [0.5, 0.6) is 0 Å². The van der Waals surface area contributed by atoms with Gasteiger partial charge in [0.15, 0.2) is 0 Å². The third kappa shape index (κ3) is 4.75. The molecule has 1 N–H and O–H groups in total. The van der Waals surface area contributed by atoms with Crippen molar-refractivity contribution < 1.29 is 19.1 Å². The van der Waals surface area contributed by atoms with Crippen LogP contribution < -0.4 is 10.2 Å². The summed E-state index contributed by atoms with van der Waals surface area (Å²) in [6.07, 6.45) is 0. The Bertz CT molecular complexity index is 1210. The second-order valence-corrected chi connectivity index (χ2v) is 8.88. The van der Waals surface area contributed by atoms with Gasteiger partial charge in [-0.3, -0.25) is 9.59 Å². The van der Waals surface area contributed by atoms with E-state index in [9.17, 15) is 14.4 Å². The van der Waals surface area contributed by atoms with Gasteiger partial charge in [-0.15, -0.1) is 0 Å². The summed E-state index contributed by atoms with van der Waals surface area (Å²) in [5.41, 5.74) is 3.37. The van der Waals surface area contributed by atoms with E-state index in [1.165, 1.54) is 11.8 Å². The molecule has 3 aromatic carbocycles. The molecule has 4 rings (SSSR count). The van der Waals surface area contributed by atoms with Crippen LogP contribution in [0, 0.1) is 13.8 Å². The van der Waals surface area contributed by atoms with E-state index in [1.54, 1.807) is 31.2 Å². The maximum atomic E-state index is 13.6. The van der Waals surface area contributed by atoms with Gasteiger partial charge in [0, 0.05) is 10.6 Å². The van der Waals surface area contributed by atoms with Crippen molar-refractivity contribution in [2.45, 2.75) is 25.7 Å². The van der Waals surface area contributed by atoms with Crippen LogP contribution in [-0.4, -0.2) is 24.4 Å². The number of benzene rings is 3. The third-order valence-electron chi connectivity index (χ3n) is 5.24. The summed E-state index contributed by atoms with van der Waals surface area (Å²) in [4.78, 5) is 41.9. The summed E-state index contributed by atoms with van der Waals surface area (Å²) in [7, 11) is 0. The third-order valence-corrected chi connectivity index (χ3v) is 6.33. The smallest absolute Gasteiger partial charge is 0.340 e. The minimum Gasteiger partial charge on any atom is -0.462 e. The van der Waals surface area contributed by atoms with Crippen molar-refractivity contribution in [1.82, 2.24) is 0 Å². The summed E-state index contributed by atoms with van der Waals surface area (Å²) in [6, 6.07) is 21.7. The normalized spacial score (nSPS) is 13.4. The monoisotopic (exact) mass is 472 g/mol. The maximum Gasteiger partial charge on any atom is 0.340 e. The molecule has 0 atom stereocenters. The predicted octanol–water partition coefficient (Wildman–Crippen LogP) is 5.47. The van der Waals surface area contributed by atoms with Crippen LogP contribution in [0.3, 0.4) is 0 Å². The lowest BCUT2D eigenvalue weighted by atomic mass is 10.1. The topological polar surface area (TPSA) is 75.7 Å². The molecule has 34 heavy (non-hydrogen) atoms. The Hall–Kier alpha value is -3.84. The van der Waals surface area contributed by atoms with Gasteiger partial charge in [-0.2, -0.15) is 0 Å². The highest BCUT2D eigenvalue weighted by Gasteiger charge is 2.41. The Morgan fingerprint density at radius 2 is 1.50 bits per heavy atom. The van der Waals surface area contributed by atoms with Gasteiger partial charge in [-0.25, -0.2) is 9.69 Å². The van der Waals surface area contributed by atoms with Gasteiger partial charge >= 0.3 is 5.97 Å². The zero-order valence-corrected chi connectivity index (χ0v) is 19.9. The van der Waals surface area contributed by atoms with Crippen molar-refractivity contribution in [1.29, 1.82) is 0 Å². The first-order valence-corrected chi connectivity index (χ1v) is 11.7. The summed E-state index contributed by atoms with van der Waals surface area (Å²) < 4.78 is 5.14.